The third kappa shape index (κ3) is 3.73. The van der Waals surface area contributed by atoms with E-state index in [0.29, 0.717) is 12.8 Å². The Hall–Kier alpha value is -1.02. The molecule has 0 rings (SSSR count). The first kappa shape index (κ1) is 18.0. The van der Waals surface area contributed by atoms with E-state index < -0.39 is 30.6 Å². The van der Waals surface area contributed by atoms with Crippen LogP contribution >= 0.6 is 0 Å². The molecule has 0 aliphatic carbocycles. The first-order chi connectivity index (χ1) is 8.41. The molecule has 0 atom stereocenters. The van der Waals surface area contributed by atoms with E-state index in [0.717, 1.165) is 0 Å². The van der Waals surface area contributed by atoms with Crippen LogP contribution in [-0.4, -0.2) is 30.6 Å². The molecular weight excluding hydrogens is 285 g/mol. The van der Waals surface area contributed by atoms with Gasteiger partial charge in [0.1, 0.15) is 0 Å². The lowest BCUT2D eigenvalue weighted by atomic mass is 10.1. The molecule has 0 aromatic heterocycles. The molecule has 0 aliphatic rings. The Labute approximate surface area is 104 Å². The summed E-state index contributed by atoms with van der Waals surface area (Å²) in [6.45, 7) is 2.63. The number of carbonyl (C=O) groups is 1. The smallest absolute Gasteiger partial charge is 0.460 e. The predicted molar refractivity (Wildman–Crippen MR) is 51.0 cm³/mol. The van der Waals surface area contributed by atoms with Crippen molar-refractivity contribution in [1.82, 2.24) is 0 Å². The highest BCUT2D eigenvalue weighted by Crippen LogP contribution is 2.47. The molecule has 0 heterocycles. The summed E-state index contributed by atoms with van der Waals surface area (Å²) in [7, 11) is 0. The van der Waals surface area contributed by atoms with Gasteiger partial charge in [0.15, 0.2) is 0 Å². The molecule has 0 fully saturated rings. The van der Waals surface area contributed by atoms with Crippen molar-refractivity contribution in [3.05, 3.63) is 0 Å². The molecule has 19 heavy (non-hydrogen) atoms. The molecule has 0 radical (unpaired) electrons. The second-order valence-corrected chi connectivity index (χ2v) is 3.93. The summed E-state index contributed by atoms with van der Waals surface area (Å²) in [5.74, 6) is -15.7. The minimum absolute atomic E-state index is 0.376. The molecule has 0 N–H and O–H groups in total. The molecule has 0 amide bonds. The van der Waals surface area contributed by atoms with Crippen LogP contribution < -0.4 is 0 Å². The molecule has 0 aliphatic heterocycles. The SMILES string of the molecule is CCC(CC)COC(=O)C(F)(F)C(F)(F)C(F)(F)F. The van der Waals surface area contributed by atoms with Crippen molar-refractivity contribution >= 4 is 5.97 Å². The quantitative estimate of drug-likeness (QED) is 0.551. The van der Waals surface area contributed by atoms with E-state index in [1.165, 1.54) is 0 Å². The fraction of sp³-hybridized carbons (Fsp3) is 0.900. The maximum atomic E-state index is 12.8. The van der Waals surface area contributed by atoms with E-state index in [4.69, 9.17) is 0 Å². The Bertz CT molecular complexity index is 307. The van der Waals surface area contributed by atoms with Gasteiger partial charge in [-0.1, -0.05) is 26.7 Å². The van der Waals surface area contributed by atoms with E-state index >= 15 is 0 Å². The maximum Gasteiger partial charge on any atom is 0.460 e. The second-order valence-electron chi connectivity index (χ2n) is 3.93. The normalized spacial score (nSPS) is 13.8. The Morgan fingerprint density at radius 2 is 1.42 bits per heavy atom. The van der Waals surface area contributed by atoms with Crippen molar-refractivity contribution in [2.45, 2.75) is 44.7 Å². The van der Waals surface area contributed by atoms with Crippen LogP contribution in [0.15, 0.2) is 0 Å². The van der Waals surface area contributed by atoms with Gasteiger partial charge in [0.25, 0.3) is 0 Å². The van der Waals surface area contributed by atoms with Crippen molar-refractivity contribution in [3.8, 4) is 0 Å². The topological polar surface area (TPSA) is 26.3 Å². The molecule has 0 aromatic rings. The Morgan fingerprint density at radius 1 is 1.00 bits per heavy atom. The predicted octanol–water partition coefficient (Wildman–Crippen LogP) is 3.80. The number of halogens is 7. The fourth-order valence-corrected chi connectivity index (χ4v) is 1.11. The lowest BCUT2D eigenvalue weighted by Gasteiger charge is -2.26. The number of ether oxygens (including phenoxy) is 1. The Balaban J connectivity index is 4.87. The highest BCUT2D eigenvalue weighted by atomic mass is 19.4. The number of esters is 1. The summed E-state index contributed by atoms with van der Waals surface area (Å²) in [6.07, 6.45) is -5.72. The number of carbonyl (C=O) groups excluding carboxylic acids is 1. The van der Waals surface area contributed by atoms with Crippen LogP contribution in [0, 0.1) is 5.92 Å². The average molecular weight is 298 g/mol. The minimum Gasteiger partial charge on any atom is -0.461 e. The largest absolute Gasteiger partial charge is 0.461 e. The van der Waals surface area contributed by atoms with Crippen LogP contribution in [0.25, 0.3) is 0 Å². The zero-order valence-corrected chi connectivity index (χ0v) is 10.2. The van der Waals surface area contributed by atoms with E-state index in [1.54, 1.807) is 13.8 Å². The summed E-state index contributed by atoms with van der Waals surface area (Å²) in [5, 5.41) is 0. The molecule has 0 saturated heterocycles. The molecule has 0 spiro atoms. The molecular formula is C10H13F7O2. The Morgan fingerprint density at radius 3 is 1.74 bits per heavy atom. The van der Waals surface area contributed by atoms with E-state index in [1.807, 2.05) is 0 Å². The second kappa shape index (κ2) is 5.96. The number of hydrogen-bond donors (Lipinski definition) is 0. The standard InChI is InChI=1S/C10H13F7O2/c1-3-6(4-2)5-19-7(18)8(11,12)9(13,14)10(15,16)17/h6H,3-5H2,1-2H3. The van der Waals surface area contributed by atoms with Gasteiger partial charge < -0.3 is 4.74 Å². The molecule has 114 valence electrons. The third-order valence-corrected chi connectivity index (χ3v) is 2.61. The van der Waals surface area contributed by atoms with Gasteiger partial charge in [0, 0.05) is 0 Å². The van der Waals surface area contributed by atoms with Crippen LogP contribution in [0.1, 0.15) is 26.7 Å². The van der Waals surface area contributed by atoms with Gasteiger partial charge in [0.2, 0.25) is 0 Å². The molecule has 0 bridgehead atoms. The van der Waals surface area contributed by atoms with Crippen LogP contribution in [0.3, 0.4) is 0 Å². The van der Waals surface area contributed by atoms with Crippen LogP contribution in [0.4, 0.5) is 30.7 Å². The lowest BCUT2D eigenvalue weighted by molar-refractivity contribution is -0.348. The third-order valence-electron chi connectivity index (χ3n) is 2.61. The van der Waals surface area contributed by atoms with E-state index in [-0.39, 0.29) is 5.92 Å². The van der Waals surface area contributed by atoms with E-state index in [9.17, 15) is 35.5 Å². The highest BCUT2D eigenvalue weighted by molar-refractivity contribution is 5.79. The van der Waals surface area contributed by atoms with Crippen molar-refractivity contribution in [2.24, 2.45) is 5.92 Å². The van der Waals surface area contributed by atoms with Crippen molar-refractivity contribution in [3.63, 3.8) is 0 Å². The monoisotopic (exact) mass is 298 g/mol. The molecule has 2 nitrogen and oxygen atoms in total. The van der Waals surface area contributed by atoms with Gasteiger partial charge >= 0.3 is 24.0 Å². The molecule has 9 heteroatoms. The van der Waals surface area contributed by atoms with Gasteiger partial charge in [-0.15, -0.1) is 0 Å². The first-order valence-corrected chi connectivity index (χ1v) is 5.41. The summed E-state index contributed by atoms with van der Waals surface area (Å²) >= 11 is 0. The van der Waals surface area contributed by atoms with Crippen molar-refractivity contribution in [2.75, 3.05) is 6.61 Å². The van der Waals surface area contributed by atoms with Crippen LogP contribution in [-0.2, 0) is 9.53 Å². The summed E-state index contributed by atoms with van der Waals surface area (Å²) in [4.78, 5) is 10.7. The maximum absolute atomic E-state index is 12.8. The molecule has 0 unspecified atom stereocenters. The lowest BCUT2D eigenvalue weighted by Crippen LogP contribution is -2.56. The van der Waals surface area contributed by atoms with Gasteiger partial charge in [-0.25, -0.2) is 4.79 Å². The highest BCUT2D eigenvalue weighted by Gasteiger charge is 2.77. The zero-order valence-electron chi connectivity index (χ0n) is 10.2. The van der Waals surface area contributed by atoms with Gasteiger partial charge in [-0.2, -0.15) is 30.7 Å². The average Bonchev–Trinajstić information content (AvgIpc) is 2.28. The van der Waals surface area contributed by atoms with Crippen LogP contribution in [0.5, 0.6) is 0 Å². The minimum atomic E-state index is -6.54. The number of alkyl halides is 7. The van der Waals surface area contributed by atoms with Crippen molar-refractivity contribution in [1.29, 1.82) is 0 Å². The molecule has 0 saturated carbocycles. The first-order valence-electron chi connectivity index (χ1n) is 5.41. The van der Waals surface area contributed by atoms with Gasteiger partial charge in [0.05, 0.1) is 6.61 Å². The molecule has 0 aromatic carbocycles. The fourth-order valence-electron chi connectivity index (χ4n) is 1.11. The number of hydrogen-bond acceptors (Lipinski definition) is 2. The summed E-state index contributed by atoms with van der Waals surface area (Å²) in [6, 6.07) is 0. The zero-order chi connectivity index (χ0) is 15.5. The summed E-state index contributed by atoms with van der Waals surface area (Å²) < 4.78 is 89.8. The van der Waals surface area contributed by atoms with Crippen molar-refractivity contribution < 1.29 is 40.3 Å². The van der Waals surface area contributed by atoms with Crippen LogP contribution in [0.2, 0.25) is 0 Å². The number of rotatable bonds is 6. The van der Waals surface area contributed by atoms with Gasteiger partial charge in [-0.05, 0) is 5.92 Å². The Kier molecular flexibility index (Phi) is 5.64. The summed E-state index contributed by atoms with van der Waals surface area (Å²) in [5.41, 5.74) is 0. The van der Waals surface area contributed by atoms with E-state index in [2.05, 4.69) is 4.74 Å². The van der Waals surface area contributed by atoms with Gasteiger partial charge in [-0.3, -0.25) is 0 Å².